The lowest BCUT2D eigenvalue weighted by molar-refractivity contribution is -0.236. The van der Waals surface area contributed by atoms with Crippen LogP contribution in [0.3, 0.4) is 0 Å². The van der Waals surface area contributed by atoms with Crippen LogP contribution in [0.1, 0.15) is 122 Å². The van der Waals surface area contributed by atoms with E-state index in [9.17, 15) is 19.4 Å². The van der Waals surface area contributed by atoms with Gasteiger partial charge in [-0.25, -0.2) is 9.18 Å². The van der Waals surface area contributed by atoms with Crippen molar-refractivity contribution in [2.24, 2.45) is 56.7 Å². The molecule has 9 atom stereocenters. The average Bonchev–Trinajstić information content (AvgIpc) is 3.33. The predicted octanol–water partition coefficient (Wildman–Crippen LogP) is 9.56. The van der Waals surface area contributed by atoms with Gasteiger partial charge in [0.05, 0.1) is 5.56 Å². The lowest BCUT2D eigenvalue weighted by atomic mass is 9.31. The Balaban J connectivity index is 1.39. The number of aliphatic hydroxyl groups is 1. The van der Waals surface area contributed by atoms with Gasteiger partial charge in [0.1, 0.15) is 5.82 Å². The van der Waals surface area contributed by atoms with E-state index >= 15 is 0 Å². The Hall–Kier alpha value is -1.94. The van der Waals surface area contributed by atoms with E-state index in [1.54, 1.807) is 0 Å². The van der Waals surface area contributed by atoms with Gasteiger partial charge in [0.25, 0.3) is 0 Å². The van der Waals surface area contributed by atoms with E-state index in [0.717, 1.165) is 31.2 Å². The van der Waals surface area contributed by atoms with Gasteiger partial charge in [0.15, 0.2) is 0 Å². The Kier molecular flexibility index (Phi) is 7.01. The van der Waals surface area contributed by atoms with Gasteiger partial charge in [0.2, 0.25) is 0 Å². The first-order valence-corrected chi connectivity index (χ1v) is 16.7. The molecule has 3 nitrogen and oxygen atoms in total. The van der Waals surface area contributed by atoms with E-state index in [4.69, 9.17) is 0 Å². The molecule has 1 aromatic rings. The lowest BCUT2D eigenvalue weighted by Crippen LogP contribution is -2.66. The Bertz CT molecular complexity index is 1330. The van der Waals surface area contributed by atoms with E-state index in [1.807, 2.05) is 6.07 Å². The zero-order valence-electron chi connectivity index (χ0n) is 26.9. The van der Waals surface area contributed by atoms with Gasteiger partial charge in [-0.2, -0.15) is 0 Å². The molecule has 4 fully saturated rings. The Morgan fingerprint density at radius 2 is 1.76 bits per heavy atom. The van der Waals surface area contributed by atoms with Gasteiger partial charge in [-0.05, 0) is 151 Å². The molecule has 0 saturated heterocycles. The number of benzene rings is 1. The third-order valence-corrected chi connectivity index (χ3v) is 14.9. The molecule has 6 rings (SSSR count). The second-order valence-corrected chi connectivity index (χ2v) is 16.3. The molecule has 4 heteroatoms. The molecule has 9 unspecified atom stereocenters. The van der Waals surface area contributed by atoms with Crippen molar-refractivity contribution in [2.45, 2.75) is 106 Å². The highest BCUT2D eigenvalue weighted by molar-refractivity contribution is 5.88. The third kappa shape index (κ3) is 3.75. The van der Waals surface area contributed by atoms with Crippen LogP contribution >= 0.6 is 0 Å². The number of carboxylic acids is 1. The summed E-state index contributed by atoms with van der Waals surface area (Å²) in [5.74, 6) is 0.956. The van der Waals surface area contributed by atoms with Gasteiger partial charge < -0.3 is 10.2 Å². The average molecular weight is 577 g/mol. The van der Waals surface area contributed by atoms with Gasteiger partial charge in [-0.15, -0.1) is 0 Å². The van der Waals surface area contributed by atoms with E-state index in [2.05, 4.69) is 54.2 Å². The highest BCUT2D eigenvalue weighted by Crippen LogP contribution is 2.78. The van der Waals surface area contributed by atoms with Crippen molar-refractivity contribution in [2.75, 3.05) is 6.61 Å². The molecule has 0 amide bonds. The first-order valence-electron chi connectivity index (χ1n) is 16.7. The molecule has 0 bridgehead atoms. The van der Waals surface area contributed by atoms with Crippen LogP contribution in [-0.4, -0.2) is 22.8 Å². The van der Waals surface area contributed by atoms with Crippen LogP contribution < -0.4 is 0 Å². The second-order valence-electron chi connectivity index (χ2n) is 16.3. The number of aromatic carboxylic acids is 1. The first-order chi connectivity index (χ1) is 19.7. The minimum absolute atomic E-state index is 0.0766. The minimum atomic E-state index is -1.22. The number of halogens is 1. The van der Waals surface area contributed by atoms with Gasteiger partial charge >= 0.3 is 5.97 Å². The summed E-state index contributed by atoms with van der Waals surface area (Å²) in [6.45, 7) is 19.4. The Morgan fingerprint density at radius 3 is 2.38 bits per heavy atom. The lowest BCUT2D eigenvalue weighted by Gasteiger charge is -2.73. The topological polar surface area (TPSA) is 57.5 Å². The van der Waals surface area contributed by atoms with Crippen molar-refractivity contribution >= 4 is 11.5 Å². The smallest absolute Gasteiger partial charge is 0.338 e. The fraction of sp³-hybridized carbons (Fsp3) is 0.711. The molecule has 1 aromatic carbocycles. The first kappa shape index (κ1) is 30.1. The highest BCUT2D eigenvalue weighted by Gasteiger charge is 2.71. The standard InChI is InChI=1S/C38H53FO3/c1-8-38-20-19-37(22-40)18-13-25(23(2)3)32(37)28(38)11-12-31-35(6)16-14-27(24-9-10-26(33(41)42)29(39)21-24)34(4,5)30(35)15-17-36(31,38)7/h9-10,14,21,25,28,30-32,40H,2,8,11-13,15-20,22H2,1,3-7H3,(H,41,42). The predicted molar refractivity (Wildman–Crippen MR) is 167 cm³/mol. The number of carboxylic acid groups (broad SMARTS) is 1. The maximum atomic E-state index is 14.8. The molecular formula is C38H53FO3. The van der Waals surface area contributed by atoms with Crippen molar-refractivity contribution in [3.05, 3.63) is 53.4 Å². The quantitative estimate of drug-likeness (QED) is 0.343. The summed E-state index contributed by atoms with van der Waals surface area (Å²) in [6, 6.07) is 4.68. The molecular weight excluding hydrogens is 523 g/mol. The monoisotopic (exact) mass is 576 g/mol. The van der Waals surface area contributed by atoms with E-state index < -0.39 is 11.8 Å². The molecule has 0 aromatic heterocycles. The van der Waals surface area contributed by atoms with Crippen LogP contribution in [0.2, 0.25) is 0 Å². The van der Waals surface area contributed by atoms with Crippen LogP contribution in [0, 0.1) is 62.5 Å². The molecule has 0 aliphatic heterocycles. The second kappa shape index (κ2) is 9.78. The fourth-order valence-corrected chi connectivity index (χ4v) is 13.1. The minimum Gasteiger partial charge on any atom is -0.478 e. The number of rotatable bonds is 5. The van der Waals surface area contributed by atoms with Crippen LogP contribution in [0.25, 0.3) is 5.57 Å². The number of fused-ring (bicyclic) bond motifs is 7. The number of allylic oxidation sites excluding steroid dienone is 3. The van der Waals surface area contributed by atoms with Crippen molar-refractivity contribution in [1.29, 1.82) is 0 Å². The zero-order valence-corrected chi connectivity index (χ0v) is 26.9. The van der Waals surface area contributed by atoms with Gasteiger partial charge in [0, 0.05) is 6.61 Å². The molecule has 2 N–H and O–H groups in total. The number of carbonyl (C=O) groups is 1. The summed E-state index contributed by atoms with van der Waals surface area (Å²) >= 11 is 0. The highest BCUT2D eigenvalue weighted by atomic mass is 19.1. The molecule has 42 heavy (non-hydrogen) atoms. The Morgan fingerprint density at radius 1 is 1.02 bits per heavy atom. The molecule has 5 aliphatic carbocycles. The van der Waals surface area contributed by atoms with Crippen LogP contribution in [-0.2, 0) is 0 Å². The normalized spacial score (nSPS) is 43.8. The van der Waals surface area contributed by atoms with Crippen molar-refractivity contribution in [3.8, 4) is 0 Å². The SMILES string of the molecule is C=C(C)C1CCC2(CO)CCC3(CC)C(CCC4C5(C)CC=C(c6ccc(C(=O)O)c(F)c6)C(C)(C)C5CCC43C)C12. The van der Waals surface area contributed by atoms with Crippen molar-refractivity contribution in [1.82, 2.24) is 0 Å². The third-order valence-electron chi connectivity index (χ3n) is 14.9. The molecule has 5 aliphatic rings. The van der Waals surface area contributed by atoms with E-state index in [-0.39, 0.29) is 32.6 Å². The number of hydrogen-bond donors (Lipinski definition) is 2. The largest absolute Gasteiger partial charge is 0.478 e. The molecule has 0 radical (unpaired) electrons. The summed E-state index contributed by atoms with van der Waals surface area (Å²) in [5, 5.41) is 20.2. The van der Waals surface area contributed by atoms with Crippen LogP contribution in [0.5, 0.6) is 0 Å². The van der Waals surface area contributed by atoms with Crippen LogP contribution in [0.15, 0.2) is 36.4 Å². The molecule has 0 heterocycles. The van der Waals surface area contributed by atoms with E-state index in [0.29, 0.717) is 36.2 Å². The zero-order chi connectivity index (χ0) is 30.5. The number of hydrogen-bond acceptors (Lipinski definition) is 2. The van der Waals surface area contributed by atoms with Crippen molar-refractivity contribution < 1.29 is 19.4 Å². The summed E-state index contributed by atoms with van der Waals surface area (Å²) in [4.78, 5) is 11.5. The summed E-state index contributed by atoms with van der Waals surface area (Å²) in [6.07, 6.45) is 14.2. The van der Waals surface area contributed by atoms with Gasteiger partial charge in [-0.3, -0.25) is 0 Å². The Labute approximate surface area is 253 Å². The van der Waals surface area contributed by atoms with Crippen LogP contribution in [0.4, 0.5) is 4.39 Å². The van der Waals surface area contributed by atoms with Crippen molar-refractivity contribution in [3.63, 3.8) is 0 Å². The summed E-state index contributed by atoms with van der Waals surface area (Å²) < 4.78 is 14.8. The molecule has 0 spiro atoms. The maximum Gasteiger partial charge on any atom is 0.338 e. The van der Waals surface area contributed by atoms with Gasteiger partial charge in [-0.1, -0.05) is 58.9 Å². The molecule has 4 saturated carbocycles. The maximum absolute atomic E-state index is 14.8. The molecule has 230 valence electrons. The van der Waals surface area contributed by atoms with E-state index in [1.165, 1.54) is 61.8 Å². The number of aliphatic hydroxyl groups excluding tert-OH is 1. The summed E-state index contributed by atoms with van der Waals surface area (Å²) in [5.41, 5.74) is 3.68. The summed E-state index contributed by atoms with van der Waals surface area (Å²) in [7, 11) is 0. The fourth-order valence-electron chi connectivity index (χ4n) is 13.1.